The van der Waals surface area contributed by atoms with Crippen molar-refractivity contribution in [2.45, 2.75) is 44.8 Å². The van der Waals surface area contributed by atoms with Crippen molar-refractivity contribution in [2.75, 3.05) is 11.9 Å². The zero-order valence-corrected chi connectivity index (χ0v) is 12.8. The highest BCUT2D eigenvalue weighted by Crippen LogP contribution is 2.58. The van der Waals surface area contributed by atoms with Gasteiger partial charge in [-0.05, 0) is 32.3 Å². The lowest BCUT2D eigenvalue weighted by Crippen LogP contribution is -2.64. The molecule has 1 spiro atoms. The second-order valence-electron chi connectivity index (χ2n) is 6.18. The van der Waals surface area contributed by atoms with Crippen LogP contribution in [0.4, 0.5) is 5.82 Å². The second kappa shape index (κ2) is 5.35. The normalized spacial score (nSPS) is 25.5. The summed E-state index contributed by atoms with van der Waals surface area (Å²) >= 11 is 0. The molecular weight excluding hydrogens is 278 g/mol. The minimum atomic E-state index is 0.319. The van der Waals surface area contributed by atoms with E-state index in [0.717, 1.165) is 24.7 Å². The monoisotopic (exact) mass is 299 g/mol. The van der Waals surface area contributed by atoms with E-state index in [9.17, 15) is 0 Å². The van der Waals surface area contributed by atoms with Crippen molar-refractivity contribution < 1.29 is 4.74 Å². The number of ether oxygens (including phenoxy) is 1. The van der Waals surface area contributed by atoms with Gasteiger partial charge in [-0.1, -0.05) is 6.42 Å². The average molecular weight is 299 g/mol. The number of hydrogen-bond acceptors (Lipinski definition) is 5. The van der Waals surface area contributed by atoms with Gasteiger partial charge in [0.15, 0.2) is 5.82 Å². The van der Waals surface area contributed by atoms with Gasteiger partial charge in [0.05, 0.1) is 18.5 Å². The number of aromatic nitrogens is 4. The summed E-state index contributed by atoms with van der Waals surface area (Å²) in [6.45, 7) is 2.87. The summed E-state index contributed by atoms with van der Waals surface area (Å²) in [5, 5.41) is 7.77. The Balaban J connectivity index is 1.49. The standard InChI is InChI=1S/C16H21N5O/c1-2-22-13-9-12(16(13)5-3-6-16)19-14-10-17-11-15(20-14)21-8-4-7-18-21/h4,7-8,10-13H,2-3,5-6,9H2,1H3,(H,19,20). The minimum absolute atomic E-state index is 0.319. The molecule has 2 saturated carbocycles. The number of hydrogen-bond donors (Lipinski definition) is 1. The quantitative estimate of drug-likeness (QED) is 0.918. The first-order valence-corrected chi connectivity index (χ1v) is 8.02. The van der Waals surface area contributed by atoms with E-state index in [1.165, 1.54) is 19.3 Å². The van der Waals surface area contributed by atoms with Crippen LogP contribution in [0, 0.1) is 5.41 Å². The Labute approximate surface area is 129 Å². The molecule has 116 valence electrons. The lowest BCUT2D eigenvalue weighted by Gasteiger charge is -2.61. The lowest BCUT2D eigenvalue weighted by molar-refractivity contribution is -0.157. The molecule has 6 heteroatoms. The van der Waals surface area contributed by atoms with Gasteiger partial charge in [-0.3, -0.25) is 4.98 Å². The van der Waals surface area contributed by atoms with Crippen LogP contribution >= 0.6 is 0 Å². The molecule has 0 bridgehead atoms. The van der Waals surface area contributed by atoms with E-state index in [1.807, 2.05) is 12.3 Å². The maximum absolute atomic E-state index is 5.90. The molecule has 0 amide bonds. The van der Waals surface area contributed by atoms with Crippen molar-refractivity contribution in [3.8, 4) is 5.82 Å². The number of rotatable bonds is 5. The summed E-state index contributed by atoms with van der Waals surface area (Å²) in [6.07, 6.45) is 12.4. The van der Waals surface area contributed by atoms with Gasteiger partial charge < -0.3 is 10.1 Å². The summed E-state index contributed by atoms with van der Waals surface area (Å²) in [7, 11) is 0. The SMILES string of the molecule is CCOC1CC(Nc2cncc(-n3cccn3)n2)C12CCC2. The molecular formula is C16H21N5O. The molecule has 2 aromatic rings. The number of nitrogens with zero attached hydrogens (tertiary/aromatic N) is 4. The van der Waals surface area contributed by atoms with Crippen molar-refractivity contribution >= 4 is 5.82 Å². The Bertz CT molecular complexity index is 638. The Morgan fingerprint density at radius 3 is 3.00 bits per heavy atom. The molecule has 2 aromatic heterocycles. The zero-order valence-electron chi connectivity index (χ0n) is 12.8. The van der Waals surface area contributed by atoms with Gasteiger partial charge in [-0.2, -0.15) is 5.10 Å². The van der Waals surface area contributed by atoms with Gasteiger partial charge in [0.25, 0.3) is 0 Å². The van der Waals surface area contributed by atoms with Crippen LogP contribution in [-0.4, -0.2) is 38.5 Å². The first-order valence-electron chi connectivity index (χ1n) is 8.02. The van der Waals surface area contributed by atoms with E-state index in [2.05, 4.69) is 27.3 Å². The molecule has 1 N–H and O–H groups in total. The maximum Gasteiger partial charge on any atom is 0.173 e. The molecule has 0 radical (unpaired) electrons. The highest BCUT2D eigenvalue weighted by Gasteiger charge is 2.59. The predicted molar refractivity (Wildman–Crippen MR) is 82.9 cm³/mol. The number of nitrogens with one attached hydrogen (secondary N) is 1. The number of anilines is 1. The third-order valence-electron chi connectivity index (χ3n) is 5.12. The first kappa shape index (κ1) is 13.7. The summed E-state index contributed by atoms with van der Waals surface area (Å²) < 4.78 is 7.62. The summed E-state index contributed by atoms with van der Waals surface area (Å²) in [5.74, 6) is 1.55. The molecule has 0 aliphatic heterocycles. The van der Waals surface area contributed by atoms with Crippen LogP contribution in [0.15, 0.2) is 30.9 Å². The van der Waals surface area contributed by atoms with Gasteiger partial charge in [0.2, 0.25) is 0 Å². The third-order valence-corrected chi connectivity index (χ3v) is 5.12. The maximum atomic E-state index is 5.90. The molecule has 2 aliphatic carbocycles. The summed E-state index contributed by atoms with van der Waals surface area (Å²) in [6, 6.07) is 2.32. The van der Waals surface area contributed by atoms with Crippen molar-refractivity contribution in [1.29, 1.82) is 0 Å². The van der Waals surface area contributed by atoms with Crippen LogP contribution in [0.1, 0.15) is 32.6 Å². The van der Waals surface area contributed by atoms with Crippen molar-refractivity contribution in [1.82, 2.24) is 19.7 Å². The Morgan fingerprint density at radius 1 is 1.41 bits per heavy atom. The zero-order chi connectivity index (χ0) is 15.0. The molecule has 2 unspecified atom stereocenters. The van der Waals surface area contributed by atoms with E-state index in [4.69, 9.17) is 4.74 Å². The van der Waals surface area contributed by atoms with Crippen LogP contribution < -0.4 is 5.32 Å². The van der Waals surface area contributed by atoms with Crippen molar-refractivity contribution in [2.24, 2.45) is 5.41 Å². The van der Waals surface area contributed by atoms with Crippen LogP contribution in [0.3, 0.4) is 0 Å². The first-order chi connectivity index (χ1) is 10.8. The molecule has 6 nitrogen and oxygen atoms in total. The smallest absolute Gasteiger partial charge is 0.173 e. The van der Waals surface area contributed by atoms with Crippen LogP contribution in [0.25, 0.3) is 5.82 Å². The van der Waals surface area contributed by atoms with E-state index < -0.39 is 0 Å². The Morgan fingerprint density at radius 2 is 2.32 bits per heavy atom. The van der Waals surface area contributed by atoms with Gasteiger partial charge in [-0.25, -0.2) is 9.67 Å². The average Bonchev–Trinajstić information content (AvgIpc) is 2.99. The Kier molecular flexibility index (Phi) is 3.33. The fraction of sp³-hybridized carbons (Fsp3) is 0.562. The van der Waals surface area contributed by atoms with Gasteiger partial charge >= 0.3 is 0 Å². The highest BCUT2D eigenvalue weighted by molar-refractivity contribution is 5.39. The van der Waals surface area contributed by atoms with Gasteiger partial charge in [0.1, 0.15) is 5.82 Å². The molecule has 2 aliphatic rings. The second-order valence-corrected chi connectivity index (χ2v) is 6.18. The molecule has 0 saturated heterocycles. The van der Waals surface area contributed by atoms with E-state index in [-0.39, 0.29) is 0 Å². The molecule has 0 aromatic carbocycles. The molecule has 2 fully saturated rings. The van der Waals surface area contributed by atoms with Crippen molar-refractivity contribution in [3.63, 3.8) is 0 Å². The molecule has 2 atom stereocenters. The van der Waals surface area contributed by atoms with Crippen LogP contribution in [-0.2, 0) is 4.74 Å². The third kappa shape index (κ3) is 2.09. The lowest BCUT2D eigenvalue weighted by atomic mass is 9.51. The largest absolute Gasteiger partial charge is 0.378 e. The predicted octanol–water partition coefficient (Wildman–Crippen LogP) is 2.42. The Hall–Kier alpha value is -1.95. The fourth-order valence-electron chi connectivity index (χ4n) is 3.76. The van der Waals surface area contributed by atoms with E-state index >= 15 is 0 Å². The topological polar surface area (TPSA) is 64.9 Å². The fourth-order valence-corrected chi connectivity index (χ4v) is 3.76. The summed E-state index contributed by atoms with van der Waals surface area (Å²) in [4.78, 5) is 8.90. The van der Waals surface area contributed by atoms with E-state index in [0.29, 0.717) is 17.6 Å². The molecule has 4 rings (SSSR count). The molecule has 22 heavy (non-hydrogen) atoms. The van der Waals surface area contributed by atoms with Crippen LogP contribution in [0.2, 0.25) is 0 Å². The summed E-state index contributed by atoms with van der Waals surface area (Å²) in [5.41, 5.74) is 0.319. The molecule has 2 heterocycles. The van der Waals surface area contributed by atoms with E-state index in [1.54, 1.807) is 23.3 Å². The van der Waals surface area contributed by atoms with Crippen LogP contribution in [0.5, 0.6) is 0 Å². The minimum Gasteiger partial charge on any atom is -0.378 e. The van der Waals surface area contributed by atoms with Crippen molar-refractivity contribution in [3.05, 3.63) is 30.9 Å². The van der Waals surface area contributed by atoms with Gasteiger partial charge in [-0.15, -0.1) is 0 Å². The van der Waals surface area contributed by atoms with Gasteiger partial charge in [0, 0.05) is 30.5 Å². The highest BCUT2D eigenvalue weighted by atomic mass is 16.5.